The summed E-state index contributed by atoms with van der Waals surface area (Å²) in [5, 5.41) is 17.9. The van der Waals surface area contributed by atoms with Gasteiger partial charge < -0.3 is 10.4 Å². The van der Waals surface area contributed by atoms with E-state index in [4.69, 9.17) is 0 Å². The molecule has 0 bridgehead atoms. The molecule has 0 saturated heterocycles. The molecule has 0 spiro atoms. The predicted molar refractivity (Wildman–Crippen MR) is 92.8 cm³/mol. The Labute approximate surface area is 128 Å². The fourth-order valence-electron chi connectivity index (χ4n) is 2.82. The Morgan fingerprint density at radius 2 is 1.36 bits per heavy atom. The van der Waals surface area contributed by atoms with E-state index in [-0.39, 0.29) is 5.75 Å². The number of phenols is 1. The van der Waals surface area contributed by atoms with Crippen LogP contribution in [0.2, 0.25) is 0 Å². The van der Waals surface area contributed by atoms with Gasteiger partial charge in [-0.1, -0.05) is 54.6 Å². The molecule has 0 amide bonds. The number of nitrogens with one attached hydrogen (secondary N) is 1. The topological polar surface area (TPSA) is 32.3 Å². The highest BCUT2D eigenvalue weighted by Gasteiger charge is 2.04. The van der Waals surface area contributed by atoms with E-state index in [9.17, 15) is 5.11 Å². The number of rotatable bonds is 2. The lowest BCUT2D eigenvalue weighted by Crippen LogP contribution is -1.91. The second-order valence-electron chi connectivity index (χ2n) is 5.40. The van der Waals surface area contributed by atoms with Crippen molar-refractivity contribution in [3.8, 4) is 5.75 Å². The van der Waals surface area contributed by atoms with Crippen LogP contribution < -0.4 is 5.32 Å². The quantitative estimate of drug-likeness (QED) is 0.514. The summed E-state index contributed by atoms with van der Waals surface area (Å²) < 4.78 is 0. The van der Waals surface area contributed by atoms with Gasteiger partial charge >= 0.3 is 0 Å². The molecule has 0 aliphatic carbocycles. The summed E-state index contributed by atoms with van der Waals surface area (Å²) >= 11 is 0. The third-order valence-electron chi connectivity index (χ3n) is 3.88. The summed E-state index contributed by atoms with van der Waals surface area (Å²) in [7, 11) is 0. The molecule has 0 aromatic heterocycles. The van der Waals surface area contributed by atoms with Crippen LogP contribution in [-0.2, 0) is 0 Å². The molecule has 2 N–H and O–H groups in total. The molecule has 0 unspecified atom stereocenters. The van der Waals surface area contributed by atoms with E-state index in [1.54, 1.807) is 12.1 Å². The van der Waals surface area contributed by atoms with Crippen molar-refractivity contribution in [2.75, 3.05) is 5.32 Å². The average Bonchev–Trinajstić information content (AvgIpc) is 2.54. The third kappa shape index (κ3) is 2.25. The third-order valence-corrected chi connectivity index (χ3v) is 3.88. The first-order chi connectivity index (χ1) is 10.8. The number of anilines is 2. The van der Waals surface area contributed by atoms with E-state index in [1.165, 1.54) is 10.8 Å². The van der Waals surface area contributed by atoms with Gasteiger partial charge in [-0.25, -0.2) is 0 Å². The maximum atomic E-state index is 9.92. The molecule has 2 heteroatoms. The molecule has 0 saturated carbocycles. The first-order valence-corrected chi connectivity index (χ1v) is 7.27. The molecule has 22 heavy (non-hydrogen) atoms. The van der Waals surface area contributed by atoms with Crippen LogP contribution >= 0.6 is 0 Å². The average molecular weight is 285 g/mol. The Morgan fingerprint density at radius 1 is 0.636 bits per heavy atom. The van der Waals surface area contributed by atoms with Crippen molar-refractivity contribution < 1.29 is 5.11 Å². The maximum absolute atomic E-state index is 9.92. The van der Waals surface area contributed by atoms with Gasteiger partial charge in [0.25, 0.3) is 0 Å². The highest BCUT2D eigenvalue weighted by molar-refractivity contribution is 5.97. The molecular formula is C20H15NO. The van der Waals surface area contributed by atoms with Crippen LogP contribution in [0, 0.1) is 0 Å². The van der Waals surface area contributed by atoms with Gasteiger partial charge in [-0.05, 0) is 34.4 Å². The molecule has 4 aromatic carbocycles. The molecule has 0 atom stereocenters. The van der Waals surface area contributed by atoms with Crippen molar-refractivity contribution in [2.24, 2.45) is 0 Å². The molecule has 106 valence electrons. The van der Waals surface area contributed by atoms with Crippen LogP contribution in [0.3, 0.4) is 0 Å². The van der Waals surface area contributed by atoms with E-state index < -0.39 is 0 Å². The van der Waals surface area contributed by atoms with Crippen LogP contribution in [0.25, 0.3) is 21.5 Å². The van der Waals surface area contributed by atoms with Gasteiger partial charge in [-0.3, -0.25) is 0 Å². The number of benzene rings is 4. The van der Waals surface area contributed by atoms with Crippen molar-refractivity contribution in [3.63, 3.8) is 0 Å². The van der Waals surface area contributed by atoms with Crippen molar-refractivity contribution >= 4 is 32.9 Å². The van der Waals surface area contributed by atoms with Crippen molar-refractivity contribution in [1.29, 1.82) is 0 Å². The van der Waals surface area contributed by atoms with Crippen LogP contribution in [-0.4, -0.2) is 5.11 Å². The molecule has 0 aliphatic rings. The number of hydrogen-bond acceptors (Lipinski definition) is 2. The zero-order valence-corrected chi connectivity index (χ0v) is 12.0. The molecule has 0 aliphatic heterocycles. The van der Waals surface area contributed by atoms with Gasteiger partial charge in [0.2, 0.25) is 0 Å². The lowest BCUT2D eigenvalue weighted by molar-refractivity contribution is 0.476. The summed E-state index contributed by atoms with van der Waals surface area (Å²) in [5.41, 5.74) is 1.92. The van der Waals surface area contributed by atoms with Gasteiger partial charge in [0.15, 0.2) is 0 Å². The summed E-state index contributed by atoms with van der Waals surface area (Å²) in [4.78, 5) is 0. The molecule has 0 radical (unpaired) electrons. The van der Waals surface area contributed by atoms with Crippen LogP contribution in [0.1, 0.15) is 0 Å². The van der Waals surface area contributed by atoms with E-state index in [0.29, 0.717) is 0 Å². The zero-order chi connectivity index (χ0) is 14.9. The van der Waals surface area contributed by atoms with Gasteiger partial charge in [-0.2, -0.15) is 0 Å². The van der Waals surface area contributed by atoms with Gasteiger partial charge in [0, 0.05) is 17.1 Å². The largest absolute Gasteiger partial charge is 0.508 e. The first kappa shape index (κ1) is 12.7. The van der Waals surface area contributed by atoms with Crippen molar-refractivity contribution in [2.45, 2.75) is 0 Å². The number of phenolic OH excluding ortho intramolecular Hbond substituents is 1. The molecule has 4 aromatic rings. The van der Waals surface area contributed by atoms with Gasteiger partial charge in [0.05, 0.1) is 5.69 Å². The highest BCUT2D eigenvalue weighted by atomic mass is 16.3. The summed E-state index contributed by atoms with van der Waals surface area (Å²) in [5.74, 6) is 0.266. The van der Waals surface area contributed by atoms with Crippen molar-refractivity contribution in [1.82, 2.24) is 0 Å². The molecule has 0 fully saturated rings. The Balaban J connectivity index is 1.82. The summed E-state index contributed by atoms with van der Waals surface area (Å²) in [6.07, 6.45) is 0. The minimum atomic E-state index is 0.266. The smallest absolute Gasteiger partial charge is 0.118 e. The number of aromatic hydroxyl groups is 1. The van der Waals surface area contributed by atoms with E-state index >= 15 is 0 Å². The lowest BCUT2D eigenvalue weighted by Gasteiger charge is -2.11. The summed E-state index contributed by atoms with van der Waals surface area (Å²) in [6, 6.07) is 26.1. The predicted octanol–water partition coefficient (Wildman–Crippen LogP) is 5.44. The van der Waals surface area contributed by atoms with Crippen molar-refractivity contribution in [3.05, 3.63) is 78.9 Å². The number of fused-ring (bicyclic) bond motifs is 2. The second kappa shape index (κ2) is 5.08. The minimum absolute atomic E-state index is 0.266. The van der Waals surface area contributed by atoms with Crippen LogP contribution in [0.4, 0.5) is 11.4 Å². The second-order valence-corrected chi connectivity index (χ2v) is 5.40. The van der Waals surface area contributed by atoms with E-state index in [1.807, 2.05) is 30.3 Å². The summed E-state index contributed by atoms with van der Waals surface area (Å²) in [6.45, 7) is 0. The highest BCUT2D eigenvalue weighted by Crippen LogP contribution is 2.31. The fraction of sp³-hybridized carbons (Fsp3) is 0. The monoisotopic (exact) mass is 285 g/mol. The standard InChI is InChI=1S/C20H15NO/c22-18-12-16-7-3-4-8-19(16)20(13-18)21-17-10-9-14-5-1-2-6-15(14)11-17/h1-13,21-22H. The van der Waals surface area contributed by atoms with Gasteiger partial charge in [0.1, 0.15) is 5.75 Å². The molecule has 0 heterocycles. The lowest BCUT2D eigenvalue weighted by atomic mass is 10.1. The Kier molecular flexibility index (Phi) is 2.94. The Bertz CT molecular complexity index is 975. The Morgan fingerprint density at radius 3 is 2.23 bits per heavy atom. The van der Waals surface area contributed by atoms with E-state index in [2.05, 4.69) is 41.7 Å². The van der Waals surface area contributed by atoms with Gasteiger partial charge in [-0.15, -0.1) is 0 Å². The maximum Gasteiger partial charge on any atom is 0.118 e. The van der Waals surface area contributed by atoms with E-state index in [0.717, 1.165) is 22.1 Å². The fourth-order valence-corrected chi connectivity index (χ4v) is 2.82. The normalized spacial score (nSPS) is 10.9. The minimum Gasteiger partial charge on any atom is -0.508 e. The molecule has 4 rings (SSSR count). The number of hydrogen-bond donors (Lipinski definition) is 2. The molecular weight excluding hydrogens is 270 g/mol. The SMILES string of the molecule is Oc1cc(Nc2ccc3ccccc3c2)c2ccccc2c1. The van der Waals surface area contributed by atoms with Crippen LogP contribution in [0.15, 0.2) is 78.9 Å². The zero-order valence-electron chi connectivity index (χ0n) is 12.0. The van der Waals surface area contributed by atoms with Crippen LogP contribution in [0.5, 0.6) is 5.75 Å². The Hall–Kier alpha value is -3.00. The molecule has 2 nitrogen and oxygen atoms in total. The first-order valence-electron chi connectivity index (χ1n) is 7.27.